The van der Waals surface area contributed by atoms with Gasteiger partial charge in [0.1, 0.15) is 5.82 Å². The number of rotatable bonds is 8. The van der Waals surface area contributed by atoms with E-state index in [2.05, 4.69) is 19.5 Å². The Hall–Kier alpha value is -2.98. The first-order chi connectivity index (χ1) is 17.0. The fourth-order valence-electron chi connectivity index (χ4n) is 4.33. The van der Waals surface area contributed by atoms with Gasteiger partial charge in [0, 0.05) is 37.9 Å². The number of hydrogen-bond donors (Lipinski definition) is 0. The van der Waals surface area contributed by atoms with E-state index in [1.54, 1.807) is 26.2 Å². The van der Waals surface area contributed by atoms with E-state index in [0.717, 1.165) is 24.2 Å². The van der Waals surface area contributed by atoms with Crippen LogP contribution in [0.4, 0.5) is 0 Å². The molecule has 4 rings (SSSR count). The van der Waals surface area contributed by atoms with Gasteiger partial charge in [0.15, 0.2) is 22.3 Å². The van der Waals surface area contributed by atoms with Gasteiger partial charge in [-0.15, -0.1) is 0 Å². The lowest BCUT2D eigenvalue weighted by molar-refractivity contribution is 0.0703. The molecule has 2 aromatic heterocycles. The van der Waals surface area contributed by atoms with Gasteiger partial charge >= 0.3 is 0 Å². The molecule has 1 aromatic carbocycles. The quantitative estimate of drug-likeness (QED) is 0.325. The third kappa shape index (κ3) is 5.33. The first-order valence-electron chi connectivity index (χ1n) is 11.1. The van der Waals surface area contributed by atoms with Crippen LogP contribution >= 0.6 is 23.4 Å². The van der Waals surface area contributed by atoms with Crippen LogP contribution in [-0.2, 0) is 6.54 Å². The number of halogens is 1. The smallest absolute Gasteiger partial charge is 0.274 e. The average molecular weight is 518 g/mol. The van der Waals surface area contributed by atoms with Crippen molar-refractivity contribution in [3.8, 4) is 17.2 Å². The highest BCUT2D eigenvalue weighted by atomic mass is 35.5. The number of ether oxygens (including phenoxy) is 3. The third-order valence-electron chi connectivity index (χ3n) is 6.08. The number of likely N-dealkylation sites (tertiary alicyclic amines) is 1. The number of imidazole rings is 1. The Labute approximate surface area is 213 Å². The topological polar surface area (TPSA) is 91.6 Å². The number of benzene rings is 1. The molecule has 1 saturated heterocycles. The SMILES string of the molecule is COc1cc(Cn2ccnc2C2CCN(C(=O)c3nc(SC)ncc3Cl)CC2)cc(OC)c1OC. The minimum atomic E-state index is -0.160. The van der Waals surface area contributed by atoms with Crippen molar-refractivity contribution >= 4 is 29.3 Å². The van der Waals surface area contributed by atoms with Crippen LogP contribution in [0.2, 0.25) is 5.02 Å². The largest absolute Gasteiger partial charge is 0.493 e. The fourth-order valence-corrected chi connectivity index (χ4v) is 4.84. The minimum Gasteiger partial charge on any atom is -0.493 e. The van der Waals surface area contributed by atoms with Gasteiger partial charge in [-0.25, -0.2) is 15.0 Å². The van der Waals surface area contributed by atoms with E-state index in [4.69, 9.17) is 25.8 Å². The van der Waals surface area contributed by atoms with Gasteiger partial charge in [0.25, 0.3) is 5.91 Å². The molecular formula is C24H28ClN5O4S. The van der Waals surface area contributed by atoms with Gasteiger partial charge in [-0.05, 0) is 36.8 Å². The molecule has 0 unspecified atom stereocenters. The van der Waals surface area contributed by atoms with Gasteiger partial charge in [-0.3, -0.25) is 4.79 Å². The molecule has 186 valence electrons. The molecule has 1 aliphatic heterocycles. The lowest BCUT2D eigenvalue weighted by Crippen LogP contribution is -2.39. The summed E-state index contributed by atoms with van der Waals surface area (Å²) in [5.74, 6) is 2.86. The van der Waals surface area contributed by atoms with Crippen molar-refractivity contribution in [3.05, 3.63) is 52.8 Å². The van der Waals surface area contributed by atoms with Crippen LogP contribution in [0.5, 0.6) is 17.2 Å². The zero-order chi connectivity index (χ0) is 24.9. The molecule has 1 aliphatic rings. The predicted octanol–water partition coefficient (Wildman–Crippen LogP) is 4.14. The van der Waals surface area contributed by atoms with E-state index < -0.39 is 0 Å². The van der Waals surface area contributed by atoms with E-state index in [0.29, 0.717) is 42.0 Å². The summed E-state index contributed by atoms with van der Waals surface area (Å²) in [6.45, 7) is 1.82. The van der Waals surface area contributed by atoms with Crippen molar-refractivity contribution in [3.63, 3.8) is 0 Å². The molecule has 1 amide bonds. The number of methoxy groups -OCH3 is 3. The van der Waals surface area contributed by atoms with Crippen LogP contribution in [0.15, 0.2) is 35.9 Å². The van der Waals surface area contributed by atoms with Gasteiger partial charge in [-0.1, -0.05) is 23.4 Å². The molecule has 1 fully saturated rings. The highest BCUT2D eigenvalue weighted by Gasteiger charge is 2.29. The maximum atomic E-state index is 13.1. The van der Waals surface area contributed by atoms with Crippen LogP contribution in [-0.4, -0.2) is 71.0 Å². The highest BCUT2D eigenvalue weighted by molar-refractivity contribution is 7.98. The number of hydrogen-bond acceptors (Lipinski definition) is 8. The zero-order valence-corrected chi connectivity index (χ0v) is 21.7. The summed E-state index contributed by atoms with van der Waals surface area (Å²) in [5, 5.41) is 0.803. The molecule has 0 atom stereocenters. The number of piperidine rings is 1. The molecule has 0 spiro atoms. The number of carbonyl (C=O) groups excluding carboxylic acids is 1. The summed E-state index contributed by atoms with van der Waals surface area (Å²) < 4.78 is 18.5. The summed E-state index contributed by atoms with van der Waals surface area (Å²) >= 11 is 7.59. The molecule has 35 heavy (non-hydrogen) atoms. The summed E-state index contributed by atoms with van der Waals surface area (Å²) in [6.07, 6.45) is 8.74. The first-order valence-corrected chi connectivity index (χ1v) is 12.7. The average Bonchev–Trinajstić information content (AvgIpc) is 3.36. The van der Waals surface area contributed by atoms with Crippen LogP contribution in [0.3, 0.4) is 0 Å². The molecule has 0 saturated carbocycles. The standard InChI is InChI=1S/C24H28ClN5O4S/c1-32-18-11-15(12-19(33-2)21(18)34-3)14-30-10-7-26-22(30)16-5-8-29(9-6-16)23(31)20-17(25)13-27-24(28-20)35-4/h7,10-13,16H,5-6,8-9,14H2,1-4H3. The second-order valence-corrected chi connectivity index (χ2v) is 9.25. The lowest BCUT2D eigenvalue weighted by Gasteiger charge is -2.32. The Balaban J connectivity index is 1.47. The Morgan fingerprint density at radius 3 is 2.40 bits per heavy atom. The van der Waals surface area contributed by atoms with E-state index in [1.165, 1.54) is 18.0 Å². The summed E-state index contributed by atoms with van der Waals surface area (Å²) in [5.41, 5.74) is 1.27. The summed E-state index contributed by atoms with van der Waals surface area (Å²) in [4.78, 5) is 27.9. The monoisotopic (exact) mass is 517 g/mol. The van der Waals surface area contributed by atoms with Gasteiger partial charge < -0.3 is 23.7 Å². The van der Waals surface area contributed by atoms with Gasteiger partial charge in [0.2, 0.25) is 5.75 Å². The van der Waals surface area contributed by atoms with Crippen molar-refractivity contribution in [2.75, 3.05) is 40.7 Å². The molecule has 9 nitrogen and oxygen atoms in total. The molecule has 0 radical (unpaired) electrons. The van der Waals surface area contributed by atoms with Crippen LogP contribution in [0, 0.1) is 0 Å². The van der Waals surface area contributed by atoms with Crippen LogP contribution in [0.1, 0.15) is 40.6 Å². The van der Waals surface area contributed by atoms with E-state index in [-0.39, 0.29) is 22.5 Å². The molecule has 0 N–H and O–H groups in total. The molecule has 3 aromatic rings. The Bertz CT molecular complexity index is 1170. The molecule has 11 heteroatoms. The number of carbonyl (C=O) groups is 1. The number of amides is 1. The number of nitrogens with zero attached hydrogens (tertiary/aromatic N) is 5. The zero-order valence-electron chi connectivity index (χ0n) is 20.2. The fraction of sp³-hybridized carbons (Fsp3) is 0.417. The molecule has 3 heterocycles. The first kappa shape index (κ1) is 25.1. The Kier molecular flexibility index (Phi) is 8.02. The van der Waals surface area contributed by atoms with Crippen molar-refractivity contribution in [2.45, 2.75) is 30.5 Å². The van der Waals surface area contributed by atoms with Gasteiger partial charge in [0.05, 0.1) is 32.5 Å². The van der Waals surface area contributed by atoms with Crippen molar-refractivity contribution in [1.29, 1.82) is 0 Å². The highest BCUT2D eigenvalue weighted by Crippen LogP contribution is 2.38. The number of aromatic nitrogens is 4. The maximum absolute atomic E-state index is 13.1. The minimum absolute atomic E-state index is 0.160. The van der Waals surface area contributed by atoms with Crippen LogP contribution < -0.4 is 14.2 Å². The Morgan fingerprint density at radius 1 is 1.11 bits per heavy atom. The predicted molar refractivity (Wildman–Crippen MR) is 134 cm³/mol. The van der Waals surface area contributed by atoms with Crippen molar-refractivity contribution < 1.29 is 19.0 Å². The lowest BCUT2D eigenvalue weighted by atomic mass is 9.95. The Morgan fingerprint density at radius 2 is 1.80 bits per heavy atom. The van der Waals surface area contributed by atoms with E-state index in [1.807, 2.05) is 30.8 Å². The van der Waals surface area contributed by atoms with E-state index in [9.17, 15) is 4.79 Å². The number of thioether (sulfide) groups is 1. The summed E-state index contributed by atoms with van der Waals surface area (Å²) in [7, 11) is 4.80. The van der Waals surface area contributed by atoms with Crippen molar-refractivity contribution in [1.82, 2.24) is 24.4 Å². The van der Waals surface area contributed by atoms with Crippen LogP contribution in [0.25, 0.3) is 0 Å². The van der Waals surface area contributed by atoms with Gasteiger partial charge in [-0.2, -0.15) is 0 Å². The summed E-state index contributed by atoms with van der Waals surface area (Å²) in [6, 6.07) is 3.89. The molecule has 0 aliphatic carbocycles. The maximum Gasteiger partial charge on any atom is 0.274 e. The normalized spacial score (nSPS) is 14.1. The molecular weight excluding hydrogens is 490 g/mol. The third-order valence-corrected chi connectivity index (χ3v) is 6.92. The van der Waals surface area contributed by atoms with Crippen molar-refractivity contribution in [2.24, 2.45) is 0 Å². The second-order valence-electron chi connectivity index (χ2n) is 8.07. The second kappa shape index (κ2) is 11.2. The van der Waals surface area contributed by atoms with E-state index >= 15 is 0 Å². The molecule has 0 bridgehead atoms.